The summed E-state index contributed by atoms with van der Waals surface area (Å²) in [5, 5.41) is 9.02. The van der Waals surface area contributed by atoms with Crippen LogP contribution in [0.2, 0.25) is 0 Å². The second-order valence-electron chi connectivity index (χ2n) is 4.78. The molecule has 1 aromatic rings. The van der Waals surface area contributed by atoms with Gasteiger partial charge in [-0.2, -0.15) is 0 Å². The molecule has 1 aliphatic rings. The van der Waals surface area contributed by atoms with Crippen molar-refractivity contribution in [1.29, 1.82) is 0 Å². The van der Waals surface area contributed by atoms with Gasteiger partial charge in [0.2, 0.25) is 0 Å². The summed E-state index contributed by atoms with van der Waals surface area (Å²) >= 11 is 0. The molecule has 0 radical (unpaired) electrons. The van der Waals surface area contributed by atoms with E-state index in [1.807, 2.05) is 12.1 Å². The van der Waals surface area contributed by atoms with Crippen LogP contribution in [0.3, 0.4) is 0 Å². The molecule has 4 heteroatoms. The molecule has 1 fully saturated rings. The summed E-state index contributed by atoms with van der Waals surface area (Å²) in [6.07, 6.45) is 4.99. The first-order valence-corrected chi connectivity index (χ1v) is 6.43. The van der Waals surface area contributed by atoms with Gasteiger partial charge in [-0.15, -0.1) is 0 Å². The van der Waals surface area contributed by atoms with E-state index in [2.05, 4.69) is 4.90 Å². The third-order valence-electron chi connectivity index (χ3n) is 3.62. The molecule has 2 heterocycles. The maximum absolute atomic E-state index is 9.02. The number of likely N-dealkylation sites (tertiary alicyclic amines) is 1. The van der Waals surface area contributed by atoms with E-state index in [4.69, 9.17) is 15.3 Å². The van der Waals surface area contributed by atoms with Crippen molar-refractivity contribution in [2.24, 2.45) is 11.7 Å². The smallest absolute Gasteiger partial charge is 0.122 e. The van der Waals surface area contributed by atoms with E-state index in [0.717, 1.165) is 25.3 Å². The zero-order valence-corrected chi connectivity index (χ0v) is 10.2. The fraction of sp³-hybridized carbons (Fsp3) is 0.692. The summed E-state index contributed by atoms with van der Waals surface area (Å²) in [5.74, 6) is 1.55. The molecule has 1 aromatic heterocycles. The molecule has 96 valence electrons. The molecule has 0 bridgehead atoms. The number of furan rings is 1. The Labute approximate surface area is 102 Å². The summed E-state index contributed by atoms with van der Waals surface area (Å²) in [6, 6.07) is 4.09. The van der Waals surface area contributed by atoms with E-state index in [0.29, 0.717) is 12.5 Å². The number of nitrogens with two attached hydrogens (primary N) is 1. The van der Waals surface area contributed by atoms with Gasteiger partial charge >= 0.3 is 0 Å². The summed E-state index contributed by atoms with van der Waals surface area (Å²) in [4.78, 5) is 2.39. The average molecular weight is 238 g/mol. The van der Waals surface area contributed by atoms with Gasteiger partial charge in [-0.3, -0.25) is 4.90 Å². The molecule has 1 aliphatic heterocycles. The number of aliphatic hydroxyl groups is 1. The molecule has 0 aromatic carbocycles. The number of aliphatic hydroxyl groups excluding tert-OH is 1. The van der Waals surface area contributed by atoms with Crippen LogP contribution in [0.1, 0.15) is 31.1 Å². The second kappa shape index (κ2) is 6.19. The Bertz CT molecular complexity index is 311. The lowest BCUT2D eigenvalue weighted by atomic mass is 9.93. The van der Waals surface area contributed by atoms with Gasteiger partial charge in [0.25, 0.3) is 0 Å². The van der Waals surface area contributed by atoms with Crippen molar-refractivity contribution in [1.82, 2.24) is 4.90 Å². The summed E-state index contributed by atoms with van der Waals surface area (Å²) in [6.45, 7) is 2.96. The molecule has 2 unspecified atom stereocenters. The highest BCUT2D eigenvalue weighted by molar-refractivity contribution is 5.05. The van der Waals surface area contributed by atoms with Crippen LogP contribution in [-0.4, -0.2) is 36.2 Å². The largest absolute Gasteiger partial charge is 0.468 e. The minimum Gasteiger partial charge on any atom is -0.468 e. The van der Waals surface area contributed by atoms with Crippen LogP contribution >= 0.6 is 0 Å². The molecule has 17 heavy (non-hydrogen) atoms. The topological polar surface area (TPSA) is 62.6 Å². The van der Waals surface area contributed by atoms with E-state index in [9.17, 15) is 0 Å². The fourth-order valence-corrected chi connectivity index (χ4v) is 2.72. The first-order chi connectivity index (χ1) is 8.35. The summed E-state index contributed by atoms with van der Waals surface area (Å²) in [7, 11) is 0. The Morgan fingerprint density at radius 3 is 3.12 bits per heavy atom. The second-order valence-corrected chi connectivity index (χ2v) is 4.78. The Hall–Kier alpha value is -0.840. The molecule has 3 N–H and O–H groups in total. The van der Waals surface area contributed by atoms with Crippen LogP contribution in [0.4, 0.5) is 0 Å². The zero-order chi connectivity index (χ0) is 12.1. The number of piperidine rings is 1. The van der Waals surface area contributed by atoms with E-state index >= 15 is 0 Å². The van der Waals surface area contributed by atoms with Gasteiger partial charge in [0.05, 0.1) is 12.3 Å². The molecular formula is C13H22N2O2. The molecule has 4 nitrogen and oxygen atoms in total. The molecular weight excluding hydrogens is 216 g/mol. The Kier molecular flexibility index (Phi) is 4.59. The zero-order valence-electron chi connectivity index (χ0n) is 10.2. The summed E-state index contributed by atoms with van der Waals surface area (Å²) < 4.78 is 5.46. The van der Waals surface area contributed by atoms with Gasteiger partial charge in [-0.05, 0) is 43.9 Å². The van der Waals surface area contributed by atoms with E-state index < -0.39 is 0 Å². The van der Waals surface area contributed by atoms with E-state index in [1.54, 1.807) is 6.26 Å². The van der Waals surface area contributed by atoms with Gasteiger partial charge in [-0.25, -0.2) is 0 Å². The third kappa shape index (κ3) is 3.09. The maximum atomic E-state index is 9.02. The van der Waals surface area contributed by atoms with Crippen molar-refractivity contribution < 1.29 is 9.52 Å². The molecule has 0 amide bonds. The standard InChI is InChI=1S/C13H22N2O2/c14-9-12(13-4-2-8-17-13)15-6-1-3-11(10-15)5-7-16/h2,4,8,11-12,16H,1,3,5-7,9-10,14H2. The predicted octanol–water partition coefficient (Wildman–Crippen LogP) is 1.37. The van der Waals surface area contributed by atoms with Crippen LogP contribution in [-0.2, 0) is 0 Å². The van der Waals surface area contributed by atoms with Crippen LogP contribution < -0.4 is 5.73 Å². The normalized spacial score (nSPS) is 23.8. The first-order valence-electron chi connectivity index (χ1n) is 6.43. The quantitative estimate of drug-likeness (QED) is 0.813. The maximum Gasteiger partial charge on any atom is 0.122 e. The molecule has 2 atom stereocenters. The molecule has 1 saturated heterocycles. The molecule has 0 spiro atoms. The Morgan fingerprint density at radius 2 is 2.47 bits per heavy atom. The van der Waals surface area contributed by atoms with Crippen molar-refractivity contribution in [2.75, 3.05) is 26.2 Å². The number of nitrogens with zero attached hydrogens (tertiary/aromatic N) is 1. The number of rotatable bonds is 5. The highest BCUT2D eigenvalue weighted by Gasteiger charge is 2.27. The van der Waals surface area contributed by atoms with Crippen molar-refractivity contribution in [3.05, 3.63) is 24.2 Å². The van der Waals surface area contributed by atoms with Gasteiger partial charge in [0.15, 0.2) is 0 Å². The van der Waals surface area contributed by atoms with Crippen molar-refractivity contribution in [2.45, 2.75) is 25.3 Å². The highest BCUT2D eigenvalue weighted by atomic mass is 16.3. The van der Waals surface area contributed by atoms with Gasteiger partial charge in [0, 0.05) is 19.7 Å². The molecule has 0 aliphatic carbocycles. The molecule has 2 rings (SSSR count). The van der Waals surface area contributed by atoms with Gasteiger partial charge < -0.3 is 15.3 Å². The average Bonchev–Trinajstić information content (AvgIpc) is 2.85. The van der Waals surface area contributed by atoms with Crippen LogP contribution in [0, 0.1) is 5.92 Å². The Morgan fingerprint density at radius 1 is 1.59 bits per heavy atom. The number of hydrogen-bond acceptors (Lipinski definition) is 4. The van der Waals surface area contributed by atoms with Crippen molar-refractivity contribution in [3.8, 4) is 0 Å². The van der Waals surface area contributed by atoms with Gasteiger partial charge in [0.1, 0.15) is 5.76 Å². The number of hydrogen-bond donors (Lipinski definition) is 2. The Balaban J connectivity index is 1.99. The SMILES string of the molecule is NCC(c1ccco1)N1CCCC(CCO)C1. The van der Waals surface area contributed by atoms with Crippen LogP contribution in [0.15, 0.2) is 22.8 Å². The van der Waals surface area contributed by atoms with Gasteiger partial charge in [-0.1, -0.05) is 0 Å². The van der Waals surface area contributed by atoms with Crippen molar-refractivity contribution in [3.63, 3.8) is 0 Å². The summed E-state index contributed by atoms with van der Waals surface area (Å²) in [5.41, 5.74) is 5.86. The lowest BCUT2D eigenvalue weighted by Gasteiger charge is -2.36. The minimum absolute atomic E-state index is 0.187. The minimum atomic E-state index is 0.187. The van der Waals surface area contributed by atoms with E-state index in [1.165, 1.54) is 12.8 Å². The van der Waals surface area contributed by atoms with Crippen molar-refractivity contribution >= 4 is 0 Å². The lowest BCUT2D eigenvalue weighted by molar-refractivity contribution is 0.0997. The van der Waals surface area contributed by atoms with Crippen LogP contribution in [0.25, 0.3) is 0 Å². The monoisotopic (exact) mass is 238 g/mol. The fourth-order valence-electron chi connectivity index (χ4n) is 2.72. The van der Waals surface area contributed by atoms with E-state index in [-0.39, 0.29) is 12.6 Å². The first kappa shape index (κ1) is 12.6. The highest BCUT2D eigenvalue weighted by Crippen LogP contribution is 2.27. The predicted molar refractivity (Wildman–Crippen MR) is 66.5 cm³/mol. The third-order valence-corrected chi connectivity index (χ3v) is 3.62. The van der Waals surface area contributed by atoms with Crippen LogP contribution in [0.5, 0.6) is 0 Å². The molecule has 0 saturated carbocycles. The lowest BCUT2D eigenvalue weighted by Crippen LogP contribution is -2.41.